The number of carbonyl (C=O) groups excluding carboxylic acids is 1. The SMILES string of the molecule is Cc1cc(=O)n(-c2ccc(Br)cc2)c(C[C@@H]2CCN(C(=O)C3CC3)C2)n1. The van der Waals surface area contributed by atoms with Crippen molar-refractivity contribution >= 4 is 21.8 Å². The van der Waals surface area contributed by atoms with Crippen molar-refractivity contribution in [2.24, 2.45) is 11.8 Å². The van der Waals surface area contributed by atoms with Crippen LogP contribution in [-0.4, -0.2) is 33.4 Å². The molecule has 0 N–H and O–H groups in total. The van der Waals surface area contributed by atoms with Crippen LogP contribution in [0.2, 0.25) is 0 Å². The van der Waals surface area contributed by atoms with Crippen LogP contribution in [0, 0.1) is 18.8 Å². The van der Waals surface area contributed by atoms with E-state index in [0.717, 1.165) is 54.0 Å². The molecule has 5 nitrogen and oxygen atoms in total. The highest BCUT2D eigenvalue weighted by Crippen LogP contribution is 2.33. The minimum atomic E-state index is -0.0567. The van der Waals surface area contributed by atoms with Crippen molar-refractivity contribution in [3.63, 3.8) is 0 Å². The summed E-state index contributed by atoms with van der Waals surface area (Å²) >= 11 is 3.43. The molecule has 6 heteroatoms. The quantitative estimate of drug-likeness (QED) is 0.770. The van der Waals surface area contributed by atoms with Crippen molar-refractivity contribution < 1.29 is 4.79 Å². The maximum atomic E-state index is 12.6. The highest BCUT2D eigenvalue weighted by atomic mass is 79.9. The standard InChI is InChI=1S/C20H22BrN3O2/c1-13-10-19(25)24(17-6-4-16(21)5-7-17)18(22-13)11-14-8-9-23(12-14)20(26)15-2-3-15/h4-7,10,14-15H,2-3,8-9,11-12H2,1H3/t14-/m0/s1. The van der Waals surface area contributed by atoms with Crippen molar-refractivity contribution in [3.8, 4) is 5.69 Å². The number of hydrogen-bond donors (Lipinski definition) is 0. The van der Waals surface area contributed by atoms with Crippen LogP contribution in [0.15, 0.2) is 39.6 Å². The van der Waals surface area contributed by atoms with Crippen molar-refractivity contribution in [3.05, 3.63) is 56.7 Å². The van der Waals surface area contributed by atoms with Crippen LogP contribution < -0.4 is 5.56 Å². The predicted molar refractivity (Wildman–Crippen MR) is 103 cm³/mol. The first kappa shape index (κ1) is 17.5. The molecule has 0 radical (unpaired) electrons. The molecule has 2 fully saturated rings. The van der Waals surface area contributed by atoms with Gasteiger partial charge in [0.1, 0.15) is 5.82 Å². The van der Waals surface area contributed by atoms with Gasteiger partial charge in [0, 0.05) is 41.7 Å². The van der Waals surface area contributed by atoms with Gasteiger partial charge < -0.3 is 4.90 Å². The molecule has 1 amide bonds. The summed E-state index contributed by atoms with van der Waals surface area (Å²) in [5.74, 6) is 1.72. The van der Waals surface area contributed by atoms with E-state index in [2.05, 4.69) is 20.9 Å². The third-order valence-corrected chi connectivity index (χ3v) is 5.73. The van der Waals surface area contributed by atoms with Gasteiger partial charge in [-0.05, 0) is 56.4 Å². The summed E-state index contributed by atoms with van der Waals surface area (Å²) in [6.07, 6.45) is 3.77. The van der Waals surface area contributed by atoms with E-state index in [9.17, 15) is 9.59 Å². The Kier molecular flexibility index (Phi) is 4.69. The van der Waals surface area contributed by atoms with Gasteiger partial charge in [-0.2, -0.15) is 0 Å². The van der Waals surface area contributed by atoms with Crippen molar-refractivity contribution in [2.45, 2.75) is 32.6 Å². The molecule has 2 heterocycles. The molecule has 1 aromatic carbocycles. The molecule has 26 heavy (non-hydrogen) atoms. The van der Waals surface area contributed by atoms with Crippen molar-refractivity contribution in [1.29, 1.82) is 0 Å². The van der Waals surface area contributed by atoms with E-state index in [4.69, 9.17) is 0 Å². The second-order valence-electron chi connectivity index (χ2n) is 7.38. The minimum Gasteiger partial charge on any atom is -0.342 e. The lowest BCUT2D eigenvalue weighted by Gasteiger charge is -2.18. The summed E-state index contributed by atoms with van der Waals surface area (Å²) in [5.41, 5.74) is 1.51. The number of aryl methyl sites for hydroxylation is 1. The second-order valence-corrected chi connectivity index (χ2v) is 8.30. The van der Waals surface area contributed by atoms with Gasteiger partial charge in [-0.25, -0.2) is 4.98 Å². The molecule has 1 atom stereocenters. The summed E-state index contributed by atoms with van der Waals surface area (Å²) in [7, 11) is 0. The van der Waals surface area contributed by atoms with Crippen LogP contribution in [-0.2, 0) is 11.2 Å². The molecular weight excluding hydrogens is 394 g/mol. The van der Waals surface area contributed by atoms with Gasteiger partial charge in [0.15, 0.2) is 0 Å². The number of carbonyl (C=O) groups is 1. The number of benzene rings is 1. The first-order valence-electron chi connectivity index (χ1n) is 9.15. The largest absolute Gasteiger partial charge is 0.342 e. The van der Waals surface area contributed by atoms with E-state index in [1.807, 2.05) is 36.1 Å². The maximum Gasteiger partial charge on any atom is 0.258 e. The van der Waals surface area contributed by atoms with Gasteiger partial charge >= 0.3 is 0 Å². The fourth-order valence-corrected chi connectivity index (χ4v) is 3.97. The highest BCUT2D eigenvalue weighted by Gasteiger charge is 2.36. The molecule has 136 valence electrons. The van der Waals surface area contributed by atoms with Gasteiger partial charge in [-0.3, -0.25) is 14.2 Å². The molecular formula is C20H22BrN3O2. The minimum absolute atomic E-state index is 0.0567. The van der Waals surface area contributed by atoms with Gasteiger partial charge in [0.05, 0.1) is 5.69 Å². The fourth-order valence-electron chi connectivity index (χ4n) is 3.71. The predicted octanol–water partition coefficient (Wildman–Crippen LogP) is 3.10. The molecule has 2 aliphatic rings. The lowest BCUT2D eigenvalue weighted by atomic mass is 10.0. The Morgan fingerprint density at radius 2 is 1.96 bits per heavy atom. The highest BCUT2D eigenvalue weighted by molar-refractivity contribution is 9.10. The molecule has 2 aromatic rings. The van der Waals surface area contributed by atoms with E-state index in [0.29, 0.717) is 18.2 Å². The van der Waals surface area contributed by atoms with Crippen molar-refractivity contribution in [1.82, 2.24) is 14.5 Å². The van der Waals surface area contributed by atoms with Gasteiger partial charge in [0.25, 0.3) is 5.56 Å². The summed E-state index contributed by atoms with van der Waals surface area (Å²) in [4.78, 5) is 31.6. The smallest absolute Gasteiger partial charge is 0.258 e. The summed E-state index contributed by atoms with van der Waals surface area (Å²) in [6, 6.07) is 9.27. The Bertz CT molecular complexity index is 887. The zero-order chi connectivity index (χ0) is 18.3. The number of amides is 1. The van der Waals surface area contributed by atoms with E-state index in [1.54, 1.807) is 10.6 Å². The van der Waals surface area contributed by atoms with E-state index in [-0.39, 0.29) is 11.5 Å². The Morgan fingerprint density at radius 3 is 2.65 bits per heavy atom. The number of halogens is 1. The number of nitrogens with zero attached hydrogens (tertiary/aromatic N) is 3. The van der Waals surface area contributed by atoms with Crippen LogP contribution in [0.3, 0.4) is 0 Å². The summed E-state index contributed by atoms with van der Waals surface area (Å²) in [5, 5.41) is 0. The summed E-state index contributed by atoms with van der Waals surface area (Å²) < 4.78 is 2.67. The zero-order valence-corrected chi connectivity index (χ0v) is 16.4. The van der Waals surface area contributed by atoms with Crippen LogP contribution in [0.25, 0.3) is 5.69 Å². The van der Waals surface area contributed by atoms with Gasteiger partial charge in [-0.15, -0.1) is 0 Å². The first-order valence-corrected chi connectivity index (χ1v) is 9.95. The number of hydrogen-bond acceptors (Lipinski definition) is 3. The van der Waals surface area contributed by atoms with E-state index >= 15 is 0 Å². The average molecular weight is 416 g/mol. The average Bonchev–Trinajstić information content (AvgIpc) is 3.35. The molecule has 0 bridgehead atoms. The molecule has 1 aliphatic carbocycles. The number of aromatic nitrogens is 2. The second kappa shape index (κ2) is 6.99. The molecule has 1 aliphatic heterocycles. The third kappa shape index (κ3) is 3.61. The van der Waals surface area contributed by atoms with Crippen LogP contribution in [0.4, 0.5) is 0 Å². The number of rotatable bonds is 4. The Morgan fingerprint density at radius 1 is 1.23 bits per heavy atom. The normalized spacial score (nSPS) is 19.8. The van der Waals surface area contributed by atoms with Crippen LogP contribution in [0.1, 0.15) is 30.8 Å². The van der Waals surface area contributed by atoms with Gasteiger partial charge in [0.2, 0.25) is 5.91 Å². The third-order valence-electron chi connectivity index (χ3n) is 5.20. The molecule has 1 aromatic heterocycles. The van der Waals surface area contributed by atoms with E-state index < -0.39 is 0 Å². The Balaban J connectivity index is 1.59. The monoisotopic (exact) mass is 415 g/mol. The molecule has 1 saturated carbocycles. The van der Waals surface area contributed by atoms with Crippen LogP contribution >= 0.6 is 15.9 Å². The molecule has 1 saturated heterocycles. The molecule has 0 spiro atoms. The molecule has 0 unspecified atom stereocenters. The summed E-state index contributed by atoms with van der Waals surface area (Å²) in [6.45, 7) is 3.46. The Labute approximate surface area is 161 Å². The lowest BCUT2D eigenvalue weighted by molar-refractivity contribution is -0.131. The number of likely N-dealkylation sites (tertiary alicyclic amines) is 1. The lowest BCUT2D eigenvalue weighted by Crippen LogP contribution is -2.30. The fraction of sp³-hybridized carbons (Fsp3) is 0.450. The maximum absolute atomic E-state index is 12.6. The van der Waals surface area contributed by atoms with Gasteiger partial charge in [-0.1, -0.05) is 15.9 Å². The van der Waals surface area contributed by atoms with Crippen LogP contribution in [0.5, 0.6) is 0 Å². The topological polar surface area (TPSA) is 55.2 Å². The first-order chi connectivity index (χ1) is 12.5. The Hall–Kier alpha value is -1.95. The van der Waals surface area contributed by atoms with Crippen molar-refractivity contribution in [2.75, 3.05) is 13.1 Å². The molecule has 4 rings (SSSR count). The zero-order valence-electron chi connectivity index (χ0n) is 14.8. The van der Waals surface area contributed by atoms with E-state index in [1.165, 1.54) is 0 Å².